The lowest BCUT2D eigenvalue weighted by Crippen LogP contribution is -2.11. The maximum Gasteiger partial charge on any atom is 0.126 e. The molecule has 0 radical (unpaired) electrons. The predicted octanol–water partition coefficient (Wildman–Crippen LogP) is 2.17. The van der Waals surface area contributed by atoms with Crippen LogP contribution in [0.5, 0.6) is 0 Å². The zero-order valence-electron chi connectivity index (χ0n) is 9.88. The molecule has 0 saturated heterocycles. The summed E-state index contributed by atoms with van der Waals surface area (Å²) in [4.78, 5) is 4.51. The number of nitrogens with one attached hydrogen (secondary N) is 1. The summed E-state index contributed by atoms with van der Waals surface area (Å²) in [5.41, 5.74) is 7.89. The van der Waals surface area contributed by atoms with E-state index in [-0.39, 0.29) is 0 Å². The Morgan fingerprint density at radius 3 is 2.67 bits per heavy atom. The molecule has 1 heterocycles. The highest BCUT2D eigenvalue weighted by molar-refractivity contribution is 5.39. The fourth-order valence-corrected chi connectivity index (χ4v) is 1.35. The molecule has 84 valence electrons. The van der Waals surface area contributed by atoms with Crippen LogP contribution in [0, 0.1) is 5.92 Å². The van der Waals surface area contributed by atoms with E-state index in [1.54, 1.807) is 0 Å². The summed E-state index contributed by atoms with van der Waals surface area (Å²) in [6.07, 6.45) is 0.949. The van der Waals surface area contributed by atoms with Gasteiger partial charge >= 0.3 is 0 Å². The summed E-state index contributed by atoms with van der Waals surface area (Å²) in [6.45, 7) is 7.99. The fraction of sp³-hybridized carbons (Fsp3) is 0.583. The molecule has 1 aromatic rings. The summed E-state index contributed by atoms with van der Waals surface area (Å²) < 4.78 is 0. The molecular formula is C12H21N3. The van der Waals surface area contributed by atoms with Crippen LogP contribution >= 0.6 is 0 Å². The van der Waals surface area contributed by atoms with E-state index < -0.39 is 0 Å². The van der Waals surface area contributed by atoms with E-state index in [1.807, 2.05) is 6.07 Å². The van der Waals surface area contributed by atoms with Gasteiger partial charge in [0.05, 0.1) is 0 Å². The summed E-state index contributed by atoms with van der Waals surface area (Å²) in [7, 11) is 0. The lowest BCUT2D eigenvalue weighted by Gasteiger charge is -2.10. The van der Waals surface area contributed by atoms with E-state index in [4.69, 9.17) is 5.73 Å². The number of anilines is 1. The van der Waals surface area contributed by atoms with Gasteiger partial charge in [0, 0.05) is 18.8 Å². The Kier molecular flexibility index (Phi) is 4.56. The van der Waals surface area contributed by atoms with Crippen molar-refractivity contribution in [3.8, 4) is 0 Å². The van der Waals surface area contributed by atoms with Gasteiger partial charge in [0.2, 0.25) is 0 Å². The molecular weight excluding hydrogens is 186 g/mol. The number of hydrogen-bond acceptors (Lipinski definition) is 3. The largest absolute Gasteiger partial charge is 0.370 e. The highest BCUT2D eigenvalue weighted by Gasteiger charge is 2.01. The molecule has 0 fully saturated rings. The quantitative estimate of drug-likeness (QED) is 0.778. The maximum atomic E-state index is 5.64. The Bertz CT molecular complexity index is 285. The standard InChI is InChI=1S/C12H21N3/c1-4-11-5-10(7-13)6-12(15-11)14-8-9(2)3/h5-6,9H,4,7-8,13H2,1-3H3,(H,14,15). The predicted molar refractivity (Wildman–Crippen MR) is 64.8 cm³/mol. The van der Waals surface area contributed by atoms with Crippen molar-refractivity contribution in [2.75, 3.05) is 11.9 Å². The number of pyridine rings is 1. The second-order valence-corrected chi connectivity index (χ2v) is 4.18. The van der Waals surface area contributed by atoms with Crippen LogP contribution in [0.1, 0.15) is 32.0 Å². The van der Waals surface area contributed by atoms with Gasteiger partial charge in [-0.2, -0.15) is 0 Å². The maximum absolute atomic E-state index is 5.64. The van der Waals surface area contributed by atoms with Crippen LogP contribution < -0.4 is 11.1 Å². The summed E-state index contributed by atoms with van der Waals surface area (Å²) in [5.74, 6) is 1.57. The first-order chi connectivity index (χ1) is 7.15. The Balaban J connectivity index is 2.77. The van der Waals surface area contributed by atoms with Crippen LogP contribution in [-0.4, -0.2) is 11.5 Å². The van der Waals surface area contributed by atoms with Crippen molar-refractivity contribution in [2.24, 2.45) is 11.7 Å². The molecule has 0 aliphatic rings. The van der Waals surface area contributed by atoms with Crippen molar-refractivity contribution in [1.82, 2.24) is 4.98 Å². The summed E-state index contributed by atoms with van der Waals surface area (Å²) >= 11 is 0. The lowest BCUT2D eigenvalue weighted by molar-refractivity contribution is 0.686. The Morgan fingerprint density at radius 1 is 1.40 bits per heavy atom. The van der Waals surface area contributed by atoms with Crippen LogP contribution in [0.3, 0.4) is 0 Å². The Morgan fingerprint density at radius 2 is 2.13 bits per heavy atom. The van der Waals surface area contributed by atoms with Gasteiger partial charge in [-0.3, -0.25) is 0 Å². The first-order valence-corrected chi connectivity index (χ1v) is 5.59. The number of nitrogens with two attached hydrogens (primary N) is 1. The van der Waals surface area contributed by atoms with Gasteiger partial charge in [0.15, 0.2) is 0 Å². The molecule has 0 aromatic carbocycles. The van der Waals surface area contributed by atoms with E-state index in [1.165, 1.54) is 0 Å². The normalized spacial score (nSPS) is 10.7. The Labute approximate surface area is 92.1 Å². The van der Waals surface area contributed by atoms with Crippen molar-refractivity contribution in [3.63, 3.8) is 0 Å². The number of aryl methyl sites for hydroxylation is 1. The third-order valence-corrected chi connectivity index (χ3v) is 2.23. The first kappa shape index (κ1) is 12.0. The molecule has 0 bridgehead atoms. The molecule has 3 heteroatoms. The van der Waals surface area contributed by atoms with Gasteiger partial charge < -0.3 is 11.1 Å². The van der Waals surface area contributed by atoms with Crippen molar-refractivity contribution in [3.05, 3.63) is 23.4 Å². The van der Waals surface area contributed by atoms with Crippen LogP contribution in [0.15, 0.2) is 12.1 Å². The highest BCUT2D eigenvalue weighted by atomic mass is 15.0. The fourth-order valence-electron chi connectivity index (χ4n) is 1.35. The molecule has 0 amide bonds. The van der Waals surface area contributed by atoms with Crippen LogP contribution in [0.4, 0.5) is 5.82 Å². The van der Waals surface area contributed by atoms with Crippen molar-refractivity contribution < 1.29 is 0 Å². The van der Waals surface area contributed by atoms with Crippen molar-refractivity contribution in [1.29, 1.82) is 0 Å². The van der Waals surface area contributed by atoms with Gasteiger partial charge in [-0.25, -0.2) is 4.98 Å². The van der Waals surface area contributed by atoms with E-state index in [0.29, 0.717) is 12.5 Å². The molecule has 0 spiro atoms. The van der Waals surface area contributed by atoms with Gasteiger partial charge in [0.25, 0.3) is 0 Å². The molecule has 0 saturated carbocycles. The number of rotatable bonds is 5. The second kappa shape index (κ2) is 5.71. The third kappa shape index (κ3) is 3.88. The SMILES string of the molecule is CCc1cc(CN)cc(NCC(C)C)n1. The number of hydrogen-bond donors (Lipinski definition) is 2. The van der Waals surface area contributed by atoms with Crippen LogP contribution in [-0.2, 0) is 13.0 Å². The lowest BCUT2D eigenvalue weighted by atomic mass is 10.2. The molecule has 3 N–H and O–H groups in total. The molecule has 15 heavy (non-hydrogen) atoms. The first-order valence-electron chi connectivity index (χ1n) is 5.59. The number of nitrogens with zero attached hydrogens (tertiary/aromatic N) is 1. The van der Waals surface area contributed by atoms with Gasteiger partial charge in [-0.1, -0.05) is 20.8 Å². The molecule has 0 unspecified atom stereocenters. The molecule has 0 aliphatic carbocycles. The number of aromatic nitrogens is 1. The van der Waals surface area contributed by atoms with Crippen LogP contribution in [0.25, 0.3) is 0 Å². The average molecular weight is 207 g/mol. The molecule has 3 nitrogen and oxygen atoms in total. The highest BCUT2D eigenvalue weighted by Crippen LogP contribution is 2.11. The summed E-state index contributed by atoms with van der Waals surface area (Å²) in [5, 5.41) is 3.33. The minimum absolute atomic E-state index is 0.575. The van der Waals surface area contributed by atoms with Gasteiger partial charge in [-0.05, 0) is 30.0 Å². The molecule has 0 aliphatic heterocycles. The van der Waals surface area contributed by atoms with Gasteiger partial charge in [0.1, 0.15) is 5.82 Å². The van der Waals surface area contributed by atoms with E-state index in [2.05, 4.69) is 37.1 Å². The van der Waals surface area contributed by atoms with Crippen molar-refractivity contribution >= 4 is 5.82 Å². The van der Waals surface area contributed by atoms with E-state index in [0.717, 1.165) is 30.0 Å². The van der Waals surface area contributed by atoms with E-state index in [9.17, 15) is 0 Å². The smallest absolute Gasteiger partial charge is 0.126 e. The topological polar surface area (TPSA) is 50.9 Å². The zero-order chi connectivity index (χ0) is 11.3. The summed E-state index contributed by atoms with van der Waals surface area (Å²) in [6, 6.07) is 4.10. The minimum atomic E-state index is 0.575. The third-order valence-electron chi connectivity index (χ3n) is 2.23. The molecule has 0 atom stereocenters. The monoisotopic (exact) mass is 207 g/mol. The molecule has 1 rings (SSSR count). The Hall–Kier alpha value is -1.09. The average Bonchev–Trinajstić information content (AvgIpc) is 2.25. The van der Waals surface area contributed by atoms with Crippen LogP contribution in [0.2, 0.25) is 0 Å². The second-order valence-electron chi connectivity index (χ2n) is 4.18. The minimum Gasteiger partial charge on any atom is -0.370 e. The van der Waals surface area contributed by atoms with Gasteiger partial charge in [-0.15, -0.1) is 0 Å². The molecule has 1 aromatic heterocycles. The zero-order valence-corrected chi connectivity index (χ0v) is 9.88. The van der Waals surface area contributed by atoms with E-state index >= 15 is 0 Å². The van der Waals surface area contributed by atoms with Crippen molar-refractivity contribution in [2.45, 2.75) is 33.7 Å².